The average Bonchev–Trinajstić information content (AvgIpc) is 2.18. The number of rotatable bonds is 3. The molecule has 0 aromatic carbocycles. The van der Waals surface area contributed by atoms with Gasteiger partial charge in [0.1, 0.15) is 15.4 Å². The summed E-state index contributed by atoms with van der Waals surface area (Å²) in [4.78, 5) is 23.9. The van der Waals surface area contributed by atoms with Crippen molar-refractivity contribution in [1.29, 1.82) is 0 Å². The molecule has 1 fully saturated rings. The topological polar surface area (TPSA) is 83.6 Å². The highest BCUT2D eigenvalue weighted by molar-refractivity contribution is 7.90. The smallest absolute Gasteiger partial charge is 0.309 e. The minimum absolute atomic E-state index is 0.0312. The molecular formula is C8H14N2O4S. The third kappa shape index (κ3) is 2.47. The first-order chi connectivity index (χ1) is 6.64. The fraction of sp³-hybridized carbons (Fsp3) is 0.750. The molecule has 0 atom stereocenters. The van der Waals surface area contributed by atoms with Gasteiger partial charge in [-0.2, -0.15) is 0 Å². The van der Waals surface area contributed by atoms with Crippen LogP contribution in [0, 0.1) is 0 Å². The van der Waals surface area contributed by atoms with Crippen molar-refractivity contribution in [2.75, 3.05) is 18.6 Å². The molecule has 6 nitrogen and oxygen atoms in total. The lowest BCUT2D eigenvalue weighted by molar-refractivity contribution is -0.125. The monoisotopic (exact) mass is 234 g/mol. The molecule has 1 rings (SSSR count). The Morgan fingerprint density at radius 2 is 1.87 bits per heavy atom. The lowest BCUT2D eigenvalue weighted by atomic mass is 10.1. The van der Waals surface area contributed by atoms with E-state index in [0.29, 0.717) is 0 Å². The van der Waals surface area contributed by atoms with Crippen molar-refractivity contribution in [1.82, 2.24) is 10.2 Å². The number of nitrogens with one attached hydrogen (secondary N) is 1. The molecule has 15 heavy (non-hydrogen) atoms. The van der Waals surface area contributed by atoms with Gasteiger partial charge in [0.15, 0.2) is 0 Å². The number of nitrogens with zero attached hydrogens (tertiary/aromatic N) is 1. The Morgan fingerprint density at radius 3 is 2.20 bits per heavy atom. The SMILES string of the molecule is CC1(C)C(=O)NC(=O)N1CCS(C)(=O)=O. The Bertz CT molecular complexity index is 399. The Hall–Kier alpha value is -1.11. The van der Waals surface area contributed by atoms with Gasteiger partial charge in [-0.25, -0.2) is 13.2 Å². The van der Waals surface area contributed by atoms with Gasteiger partial charge in [0.05, 0.1) is 5.75 Å². The lowest BCUT2D eigenvalue weighted by Gasteiger charge is -2.27. The van der Waals surface area contributed by atoms with Crippen LogP contribution in [0.15, 0.2) is 0 Å². The van der Waals surface area contributed by atoms with Gasteiger partial charge < -0.3 is 4.90 Å². The zero-order chi connectivity index (χ0) is 11.9. The van der Waals surface area contributed by atoms with E-state index < -0.39 is 27.3 Å². The first-order valence-electron chi connectivity index (χ1n) is 4.45. The van der Waals surface area contributed by atoms with Crippen molar-refractivity contribution >= 4 is 21.8 Å². The number of amides is 3. The molecule has 1 aliphatic heterocycles. The molecule has 0 bridgehead atoms. The standard InChI is InChI=1S/C8H14N2O4S/c1-8(2)6(11)9-7(12)10(8)4-5-15(3,13)14/h4-5H2,1-3H3,(H,9,11,12). The first-order valence-corrected chi connectivity index (χ1v) is 6.51. The summed E-state index contributed by atoms with van der Waals surface area (Å²) in [7, 11) is -3.14. The quantitative estimate of drug-likeness (QED) is 0.658. The van der Waals surface area contributed by atoms with E-state index in [1.807, 2.05) is 0 Å². The van der Waals surface area contributed by atoms with Crippen molar-refractivity contribution < 1.29 is 18.0 Å². The highest BCUT2D eigenvalue weighted by Gasteiger charge is 2.45. The number of hydrogen-bond donors (Lipinski definition) is 1. The largest absolute Gasteiger partial charge is 0.325 e. The molecule has 7 heteroatoms. The molecule has 0 saturated carbocycles. The lowest BCUT2D eigenvalue weighted by Crippen LogP contribution is -2.46. The Labute approximate surface area is 88.5 Å². The van der Waals surface area contributed by atoms with Gasteiger partial charge in [0.2, 0.25) is 0 Å². The molecule has 1 heterocycles. The van der Waals surface area contributed by atoms with E-state index in [2.05, 4.69) is 5.32 Å². The molecule has 0 unspecified atom stereocenters. The van der Waals surface area contributed by atoms with Gasteiger partial charge in [0, 0.05) is 12.8 Å². The Morgan fingerprint density at radius 1 is 1.33 bits per heavy atom. The number of sulfone groups is 1. The summed E-state index contributed by atoms with van der Waals surface area (Å²) in [5.74, 6) is -0.544. The van der Waals surface area contributed by atoms with Crippen molar-refractivity contribution in [2.24, 2.45) is 0 Å². The number of carbonyl (C=O) groups excluding carboxylic acids is 2. The minimum atomic E-state index is -3.14. The van der Waals surface area contributed by atoms with Crippen LogP contribution >= 0.6 is 0 Å². The van der Waals surface area contributed by atoms with Crippen LogP contribution in [0.3, 0.4) is 0 Å². The molecule has 0 spiro atoms. The van der Waals surface area contributed by atoms with Gasteiger partial charge >= 0.3 is 6.03 Å². The van der Waals surface area contributed by atoms with Gasteiger partial charge in [-0.15, -0.1) is 0 Å². The maximum absolute atomic E-state index is 11.3. The fourth-order valence-corrected chi connectivity index (χ4v) is 1.85. The second-order valence-electron chi connectivity index (χ2n) is 4.10. The normalized spacial score (nSPS) is 20.6. The van der Waals surface area contributed by atoms with Crippen LogP contribution in [-0.4, -0.2) is 49.3 Å². The van der Waals surface area contributed by atoms with E-state index in [1.54, 1.807) is 13.8 Å². The Kier molecular flexibility index (Phi) is 2.77. The predicted octanol–water partition coefficient (Wildman–Crippen LogP) is -0.639. The maximum Gasteiger partial charge on any atom is 0.325 e. The molecule has 3 amide bonds. The zero-order valence-corrected chi connectivity index (χ0v) is 9.72. The van der Waals surface area contributed by atoms with Crippen molar-refractivity contribution in [3.05, 3.63) is 0 Å². The number of hydrogen-bond acceptors (Lipinski definition) is 4. The summed E-state index contributed by atoms with van der Waals surface area (Å²) >= 11 is 0. The van der Waals surface area contributed by atoms with E-state index in [4.69, 9.17) is 0 Å². The van der Waals surface area contributed by atoms with Crippen molar-refractivity contribution in [3.8, 4) is 0 Å². The molecule has 0 aromatic rings. The number of urea groups is 1. The molecule has 1 N–H and O–H groups in total. The van der Waals surface area contributed by atoms with Gasteiger partial charge in [-0.3, -0.25) is 10.1 Å². The number of imide groups is 1. The summed E-state index contributed by atoms with van der Waals surface area (Å²) in [5, 5.41) is 2.15. The molecule has 1 saturated heterocycles. The summed E-state index contributed by atoms with van der Waals surface area (Å²) in [6.07, 6.45) is 1.09. The molecular weight excluding hydrogens is 220 g/mol. The summed E-state index contributed by atoms with van der Waals surface area (Å²) in [6.45, 7) is 3.19. The first kappa shape index (κ1) is 12.0. The Balaban J connectivity index is 2.78. The van der Waals surface area contributed by atoms with E-state index in [0.717, 1.165) is 6.26 Å². The second kappa shape index (κ2) is 3.48. The molecule has 0 aliphatic carbocycles. The van der Waals surface area contributed by atoms with Crippen LogP contribution in [0.1, 0.15) is 13.8 Å². The molecule has 1 aliphatic rings. The predicted molar refractivity (Wildman–Crippen MR) is 54.0 cm³/mol. The summed E-state index contributed by atoms with van der Waals surface area (Å²) < 4.78 is 21.9. The van der Waals surface area contributed by atoms with Gasteiger partial charge in [-0.05, 0) is 13.8 Å². The highest BCUT2D eigenvalue weighted by Crippen LogP contribution is 2.20. The maximum atomic E-state index is 11.3. The fourth-order valence-electron chi connectivity index (χ4n) is 1.33. The van der Waals surface area contributed by atoms with Gasteiger partial charge in [-0.1, -0.05) is 0 Å². The van der Waals surface area contributed by atoms with Crippen LogP contribution in [-0.2, 0) is 14.6 Å². The average molecular weight is 234 g/mol. The minimum Gasteiger partial charge on any atom is -0.309 e. The molecule has 86 valence electrons. The van der Waals surface area contributed by atoms with E-state index in [-0.39, 0.29) is 12.3 Å². The number of carbonyl (C=O) groups is 2. The van der Waals surface area contributed by atoms with E-state index in [9.17, 15) is 18.0 Å². The van der Waals surface area contributed by atoms with Crippen LogP contribution in [0.5, 0.6) is 0 Å². The van der Waals surface area contributed by atoms with Crippen LogP contribution in [0.4, 0.5) is 4.79 Å². The summed E-state index contributed by atoms with van der Waals surface area (Å²) in [6, 6.07) is -0.534. The van der Waals surface area contributed by atoms with E-state index >= 15 is 0 Å². The van der Waals surface area contributed by atoms with Crippen LogP contribution < -0.4 is 5.32 Å². The zero-order valence-electron chi connectivity index (χ0n) is 8.90. The van der Waals surface area contributed by atoms with Crippen LogP contribution in [0.25, 0.3) is 0 Å². The van der Waals surface area contributed by atoms with Crippen LogP contribution in [0.2, 0.25) is 0 Å². The van der Waals surface area contributed by atoms with E-state index in [1.165, 1.54) is 4.90 Å². The molecule has 0 aromatic heterocycles. The van der Waals surface area contributed by atoms with Gasteiger partial charge in [0.25, 0.3) is 5.91 Å². The van der Waals surface area contributed by atoms with Crippen molar-refractivity contribution in [2.45, 2.75) is 19.4 Å². The summed E-state index contributed by atoms with van der Waals surface area (Å²) in [5.41, 5.74) is -0.970. The molecule has 0 radical (unpaired) electrons. The third-order valence-corrected chi connectivity index (χ3v) is 3.31. The van der Waals surface area contributed by atoms with Crippen molar-refractivity contribution in [3.63, 3.8) is 0 Å². The third-order valence-electron chi connectivity index (χ3n) is 2.38. The second-order valence-corrected chi connectivity index (χ2v) is 6.36. The highest BCUT2D eigenvalue weighted by atomic mass is 32.2.